The predicted octanol–water partition coefficient (Wildman–Crippen LogP) is 2.64. The van der Waals surface area contributed by atoms with Gasteiger partial charge in [-0.2, -0.15) is 0 Å². The molecule has 1 aromatic carbocycles. The van der Waals surface area contributed by atoms with Crippen LogP contribution in [0.2, 0.25) is 0 Å². The van der Waals surface area contributed by atoms with Crippen LogP contribution in [-0.2, 0) is 4.79 Å². The lowest BCUT2D eigenvalue weighted by Crippen LogP contribution is -2.47. The zero-order valence-corrected chi connectivity index (χ0v) is 15.4. The molecule has 1 aromatic heterocycles. The van der Waals surface area contributed by atoms with Crippen molar-refractivity contribution in [3.63, 3.8) is 0 Å². The molecule has 0 saturated heterocycles. The van der Waals surface area contributed by atoms with Crippen molar-refractivity contribution in [2.75, 3.05) is 18.5 Å². The van der Waals surface area contributed by atoms with E-state index in [1.54, 1.807) is 42.7 Å². The van der Waals surface area contributed by atoms with E-state index in [2.05, 4.69) is 15.6 Å². The number of anilines is 1. The molecule has 0 radical (unpaired) electrons. The van der Waals surface area contributed by atoms with E-state index >= 15 is 0 Å². The highest BCUT2D eigenvalue weighted by atomic mass is 16.6. The number of pyridine rings is 1. The molecule has 1 unspecified atom stereocenters. The Bertz CT molecular complexity index is 810. The lowest BCUT2D eigenvalue weighted by atomic mass is 9.97. The van der Waals surface area contributed by atoms with Gasteiger partial charge >= 0.3 is 0 Å². The maximum atomic E-state index is 12.9. The minimum absolute atomic E-state index is 0.0534. The summed E-state index contributed by atoms with van der Waals surface area (Å²) in [5.41, 5.74) is 0.938. The SMILES string of the molecule is CCC(C)[C@H](NC(=O)c1cccc2c1OCCO2)C(=O)Nc1cccnc1. The molecule has 0 bridgehead atoms. The maximum absolute atomic E-state index is 12.9. The smallest absolute Gasteiger partial charge is 0.255 e. The Morgan fingerprint density at radius 1 is 1.19 bits per heavy atom. The standard InChI is InChI=1S/C20H23N3O4/c1-3-13(2)17(20(25)22-14-6-5-9-21-12-14)23-19(24)15-7-4-8-16-18(15)27-11-10-26-16/h4-9,12-13,17H,3,10-11H2,1-2H3,(H,22,25)(H,23,24)/t13?,17-/m0/s1. The van der Waals surface area contributed by atoms with Crippen molar-refractivity contribution in [2.24, 2.45) is 5.92 Å². The molecule has 0 fully saturated rings. The first-order chi connectivity index (χ1) is 13.1. The van der Waals surface area contributed by atoms with E-state index < -0.39 is 6.04 Å². The quantitative estimate of drug-likeness (QED) is 0.817. The fourth-order valence-electron chi connectivity index (χ4n) is 2.83. The van der Waals surface area contributed by atoms with E-state index in [1.165, 1.54) is 0 Å². The highest BCUT2D eigenvalue weighted by Gasteiger charge is 2.28. The third-order valence-electron chi connectivity index (χ3n) is 4.52. The van der Waals surface area contributed by atoms with Crippen LogP contribution in [0.5, 0.6) is 11.5 Å². The number of aromatic nitrogens is 1. The molecule has 2 amide bonds. The summed E-state index contributed by atoms with van der Waals surface area (Å²) in [4.78, 5) is 29.6. The lowest BCUT2D eigenvalue weighted by Gasteiger charge is -2.25. The lowest BCUT2D eigenvalue weighted by molar-refractivity contribution is -0.119. The Morgan fingerprint density at radius 3 is 2.74 bits per heavy atom. The summed E-state index contributed by atoms with van der Waals surface area (Å²) >= 11 is 0. The fourth-order valence-corrected chi connectivity index (χ4v) is 2.83. The molecule has 2 atom stereocenters. The Balaban J connectivity index is 1.78. The summed E-state index contributed by atoms with van der Waals surface area (Å²) in [5.74, 6) is 0.240. The Kier molecular flexibility index (Phi) is 5.90. The summed E-state index contributed by atoms with van der Waals surface area (Å²) in [6.07, 6.45) is 3.92. The van der Waals surface area contributed by atoms with Crippen LogP contribution in [0.15, 0.2) is 42.7 Å². The minimum atomic E-state index is -0.692. The molecule has 27 heavy (non-hydrogen) atoms. The molecular formula is C20H23N3O4. The van der Waals surface area contributed by atoms with Crippen LogP contribution in [-0.4, -0.2) is 36.1 Å². The average molecular weight is 369 g/mol. The Morgan fingerprint density at radius 2 is 2.00 bits per heavy atom. The van der Waals surface area contributed by atoms with Crippen LogP contribution in [0.25, 0.3) is 0 Å². The van der Waals surface area contributed by atoms with Crippen LogP contribution >= 0.6 is 0 Å². The first kappa shape index (κ1) is 18.7. The number of carbonyl (C=O) groups is 2. The number of para-hydroxylation sites is 1. The summed E-state index contributed by atoms with van der Waals surface area (Å²) < 4.78 is 11.1. The zero-order valence-electron chi connectivity index (χ0n) is 15.4. The second-order valence-corrected chi connectivity index (χ2v) is 6.40. The highest BCUT2D eigenvalue weighted by molar-refractivity contribution is 6.03. The van der Waals surface area contributed by atoms with E-state index in [-0.39, 0.29) is 17.7 Å². The number of ether oxygens (including phenoxy) is 2. The monoisotopic (exact) mass is 369 g/mol. The van der Waals surface area contributed by atoms with E-state index in [0.29, 0.717) is 36.0 Å². The van der Waals surface area contributed by atoms with Crippen molar-refractivity contribution in [1.29, 1.82) is 0 Å². The number of amides is 2. The normalized spacial score (nSPS) is 14.7. The van der Waals surface area contributed by atoms with E-state index in [4.69, 9.17) is 9.47 Å². The second-order valence-electron chi connectivity index (χ2n) is 6.40. The van der Waals surface area contributed by atoms with Crippen molar-refractivity contribution < 1.29 is 19.1 Å². The third-order valence-corrected chi connectivity index (χ3v) is 4.52. The Labute approximate surface area is 158 Å². The first-order valence-electron chi connectivity index (χ1n) is 9.00. The number of nitrogens with zero attached hydrogens (tertiary/aromatic N) is 1. The molecule has 2 N–H and O–H groups in total. The van der Waals surface area contributed by atoms with Crippen molar-refractivity contribution in [2.45, 2.75) is 26.3 Å². The largest absolute Gasteiger partial charge is 0.486 e. The summed E-state index contributed by atoms with van der Waals surface area (Å²) in [6.45, 7) is 4.73. The third kappa shape index (κ3) is 4.36. The summed E-state index contributed by atoms with van der Waals surface area (Å²) in [6, 6.07) is 7.94. The van der Waals surface area contributed by atoms with Gasteiger partial charge in [-0.15, -0.1) is 0 Å². The van der Waals surface area contributed by atoms with Gasteiger partial charge in [-0.25, -0.2) is 0 Å². The molecule has 2 aromatic rings. The molecule has 7 nitrogen and oxygen atoms in total. The number of hydrogen-bond donors (Lipinski definition) is 2. The zero-order chi connectivity index (χ0) is 19.2. The molecule has 0 saturated carbocycles. The van der Waals surface area contributed by atoms with E-state index in [0.717, 1.165) is 6.42 Å². The highest BCUT2D eigenvalue weighted by Crippen LogP contribution is 2.33. The van der Waals surface area contributed by atoms with Gasteiger partial charge in [0.2, 0.25) is 5.91 Å². The number of rotatable bonds is 6. The number of benzene rings is 1. The number of nitrogens with one attached hydrogen (secondary N) is 2. The average Bonchev–Trinajstić information content (AvgIpc) is 2.71. The van der Waals surface area contributed by atoms with Crippen molar-refractivity contribution in [1.82, 2.24) is 10.3 Å². The molecule has 0 spiro atoms. The molecule has 1 aliphatic rings. The van der Waals surface area contributed by atoms with Crippen molar-refractivity contribution in [3.8, 4) is 11.5 Å². The second kappa shape index (κ2) is 8.53. The van der Waals surface area contributed by atoms with Gasteiger partial charge in [0, 0.05) is 6.20 Å². The van der Waals surface area contributed by atoms with Gasteiger partial charge in [-0.3, -0.25) is 14.6 Å². The van der Waals surface area contributed by atoms with E-state index in [9.17, 15) is 9.59 Å². The predicted molar refractivity (Wildman–Crippen MR) is 101 cm³/mol. The van der Waals surface area contributed by atoms with Gasteiger partial charge < -0.3 is 20.1 Å². The molecule has 0 aliphatic carbocycles. The van der Waals surface area contributed by atoms with Gasteiger partial charge in [-0.05, 0) is 30.2 Å². The van der Waals surface area contributed by atoms with Gasteiger partial charge in [0.15, 0.2) is 11.5 Å². The first-order valence-corrected chi connectivity index (χ1v) is 9.00. The molecule has 2 heterocycles. The molecule has 142 valence electrons. The van der Waals surface area contributed by atoms with Crippen LogP contribution in [0.3, 0.4) is 0 Å². The maximum Gasteiger partial charge on any atom is 0.255 e. The van der Waals surface area contributed by atoms with Crippen molar-refractivity contribution in [3.05, 3.63) is 48.3 Å². The van der Waals surface area contributed by atoms with Crippen LogP contribution in [0.1, 0.15) is 30.6 Å². The number of fused-ring (bicyclic) bond motifs is 1. The van der Waals surface area contributed by atoms with Gasteiger partial charge in [0.25, 0.3) is 5.91 Å². The van der Waals surface area contributed by atoms with Crippen molar-refractivity contribution >= 4 is 17.5 Å². The van der Waals surface area contributed by atoms with Gasteiger partial charge in [0.05, 0.1) is 17.4 Å². The van der Waals surface area contributed by atoms with Crippen LogP contribution in [0, 0.1) is 5.92 Å². The minimum Gasteiger partial charge on any atom is -0.486 e. The number of hydrogen-bond acceptors (Lipinski definition) is 5. The number of carbonyl (C=O) groups excluding carboxylic acids is 2. The van der Waals surface area contributed by atoms with Gasteiger partial charge in [-0.1, -0.05) is 26.3 Å². The molecule has 7 heteroatoms. The summed E-state index contributed by atoms with van der Waals surface area (Å²) in [5, 5.41) is 5.65. The fraction of sp³-hybridized carbons (Fsp3) is 0.350. The topological polar surface area (TPSA) is 89.5 Å². The van der Waals surface area contributed by atoms with Crippen LogP contribution < -0.4 is 20.1 Å². The van der Waals surface area contributed by atoms with E-state index in [1.807, 2.05) is 13.8 Å². The Hall–Kier alpha value is -3.09. The molecule has 1 aliphatic heterocycles. The summed E-state index contributed by atoms with van der Waals surface area (Å²) in [7, 11) is 0. The van der Waals surface area contributed by atoms with Crippen LogP contribution in [0.4, 0.5) is 5.69 Å². The van der Waals surface area contributed by atoms with Gasteiger partial charge in [0.1, 0.15) is 19.3 Å². The molecule has 3 rings (SSSR count). The molecular weight excluding hydrogens is 346 g/mol.